The van der Waals surface area contributed by atoms with E-state index < -0.39 is 28.7 Å². The summed E-state index contributed by atoms with van der Waals surface area (Å²) in [6.07, 6.45) is 1.53. The van der Waals surface area contributed by atoms with Crippen molar-refractivity contribution in [1.29, 1.82) is 0 Å². The molecule has 2 amide bonds. The number of ether oxygens (including phenoxy) is 1. The summed E-state index contributed by atoms with van der Waals surface area (Å²) in [7, 11) is 0. The van der Waals surface area contributed by atoms with Crippen LogP contribution in [0.1, 0.15) is 46.1 Å². The fourth-order valence-electron chi connectivity index (χ4n) is 6.32. The molecule has 0 radical (unpaired) electrons. The molecule has 0 saturated carbocycles. The van der Waals surface area contributed by atoms with Gasteiger partial charge in [-0.25, -0.2) is 0 Å². The summed E-state index contributed by atoms with van der Waals surface area (Å²) in [5.74, 6) is -1.84. The van der Waals surface area contributed by atoms with E-state index in [1.54, 1.807) is 23.6 Å². The number of nitrogens with one attached hydrogen (secondary N) is 1. The number of rotatable bonds is 9. The average Bonchev–Trinajstić information content (AvgIpc) is 3.43. The first-order chi connectivity index (χ1) is 16.3. The zero-order valence-electron chi connectivity index (χ0n) is 20.4. The summed E-state index contributed by atoms with van der Waals surface area (Å²) in [6.45, 7) is 8.26. The van der Waals surface area contributed by atoms with E-state index >= 15 is 0 Å². The highest BCUT2D eigenvalue weighted by Gasteiger charge is 2.77. The molecule has 1 aromatic rings. The van der Waals surface area contributed by atoms with Crippen molar-refractivity contribution in [1.82, 2.24) is 10.2 Å². The number of amides is 2. The maximum Gasteiger partial charge on any atom is 0.310 e. The number of thioether (sulfide) groups is 1. The Labute approximate surface area is 206 Å². The Balaban J connectivity index is 1.74. The molecule has 3 heterocycles. The standard InChI is InChI=1S/C26H36N2O5S/c1-5-15(3)18(14-29)28-22(23(30)27-13-17-10-8-7-9-11-17)26-16(4)12-19(34-26)20(21(26)24(28)31)25(32)33-6-2/h7-11,15-16,18-22,29H,5-6,12-14H2,1-4H3,(H,27,30)/t15-,16?,18-,19-,20+,21-,22?,26?/m0/s1. The molecule has 1 aromatic carbocycles. The van der Waals surface area contributed by atoms with Gasteiger partial charge in [0.2, 0.25) is 11.8 Å². The van der Waals surface area contributed by atoms with Crippen LogP contribution >= 0.6 is 11.8 Å². The smallest absolute Gasteiger partial charge is 0.310 e. The predicted molar refractivity (Wildman–Crippen MR) is 131 cm³/mol. The van der Waals surface area contributed by atoms with Gasteiger partial charge >= 0.3 is 5.97 Å². The van der Waals surface area contributed by atoms with Crippen LogP contribution in [0.3, 0.4) is 0 Å². The number of benzene rings is 1. The molecule has 3 unspecified atom stereocenters. The first-order valence-electron chi connectivity index (χ1n) is 12.4. The fourth-order valence-corrected chi connectivity index (χ4v) is 8.71. The molecule has 3 fully saturated rings. The van der Waals surface area contributed by atoms with Gasteiger partial charge in [-0.3, -0.25) is 14.4 Å². The SMILES string of the molecule is CCOC(=O)[C@@H]1[C@@H]2CC(C)C3(S2)C(C(=O)NCc2ccccc2)N([C@@H](CO)[C@@H](C)CC)C(=O)[C@H]13. The Morgan fingerprint density at radius 1 is 1.29 bits per heavy atom. The highest BCUT2D eigenvalue weighted by Crippen LogP contribution is 2.69. The van der Waals surface area contributed by atoms with E-state index in [0.29, 0.717) is 6.54 Å². The minimum Gasteiger partial charge on any atom is -0.466 e. The Hall–Kier alpha value is -2.06. The van der Waals surface area contributed by atoms with Crippen LogP contribution in [0, 0.1) is 23.7 Å². The summed E-state index contributed by atoms with van der Waals surface area (Å²) in [6, 6.07) is 8.44. The number of nitrogens with zero attached hydrogens (tertiary/aromatic N) is 1. The number of hydrogen-bond donors (Lipinski definition) is 2. The Bertz CT molecular complexity index is 927. The van der Waals surface area contributed by atoms with E-state index in [0.717, 1.165) is 18.4 Å². The Kier molecular flexibility index (Phi) is 7.29. The fraction of sp³-hybridized carbons (Fsp3) is 0.654. The van der Waals surface area contributed by atoms with E-state index in [2.05, 4.69) is 12.2 Å². The lowest BCUT2D eigenvalue weighted by molar-refractivity contribution is -0.154. The van der Waals surface area contributed by atoms with Crippen molar-refractivity contribution >= 4 is 29.5 Å². The second-order valence-corrected chi connectivity index (χ2v) is 11.4. The number of aliphatic hydroxyl groups is 1. The monoisotopic (exact) mass is 488 g/mol. The minimum atomic E-state index is -0.746. The molecule has 186 valence electrons. The van der Waals surface area contributed by atoms with Crippen molar-refractivity contribution in [2.45, 2.75) is 69.2 Å². The molecule has 7 nitrogen and oxygen atoms in total. The third kappa shape index (κ3) is 3.83. The molecule has 3 saturated heterocycles. The van der Waals surface area contributed by atoms with Gasteiger partial charge in [-0.05, 0) is 30.7 Å². The molecular weight excluding hydrogens is 452 g/mol. The van der Waals surface area contributed by atoms with E-state index in [1.165, 1.54) is 0 Å². The lowest BCUT2D eigenvalue weighted by Crippen LogP contribution is -2.59. The summed E-state index contributed by atoms with van der Waals surface area (Å²) in [5, 5.41) is 13.4. The molecule has 3 aliphatic heterocycles. The zero-order valence-corrected chi connectivity index (χ0v) is 21.2. The number of carbonyl (C=O) groups excluding carboxylic acids is 3. The van der Waals surface area contributed by atoms with Gasteiger partial charge in [0.15, 0.2) is 0 Å². The molecule has 1 spiro atoms. The molecular formula is C26H36N2O5S. The van der Waals surface area contributed by atoms with Crippen LogP contribution in [0.2, 0.25) is 0 Å². The van der Waals surface area contributed by atoms with E-state index in [-0.39, 0.29) is 48.1 Å². The van der Waals surface area contributed by atoms with Crippen LogP contribution in [0.25, 0.3) is 0 Å². The zero-order chi connectivity index (χ0) is 24.6. The Morgan fingerprint density at radius 3 is 2.62 bits per heavy atom. The van der Waals surface area contributed by atoms with Crippen LogP contribution in [-0.4, -0.2) is 63.1 Å². The number of esters is 1. The van der Waals surface area contributed by atoms with E-state index in [9.17, 15) is 19.5 Å². The topological polar surface area (TPSA) is 95.9 Å². The number of aliphatic hydroxyl groups excluding tert-OH is 1. The summed E-state index contributed by atoms with van der Waals surface area (Å²) in [4.78, 5) is 42.6. The second-order valence-electron chi connectivity index (χ2n) is 9.89. The maximum atomic E-state index is 14.1. The Morgan fingerprint density at radius 2 is 2.00 bits per heavy atom. The van der Waals surface area contributed by atoms with Crippen LogP contribution in [0.15, 0.2) is 30.3 Å². The van der Waals surface area contributed by atoms with Crippen molar-refractivity contribution in [3.63, 3.8) is 0 Å². The number of likely N-dealkylation sites (tertiary alicyclic amines) is 1. The predicted octanol–water partition coefficient (Wildman–Crippen LogP) is 2.61. The first-order valence-corrected chi connectivity index (χ1v) is 13.3. The van der Waals surface area contributed by atoms with Gasteiger partial charge in [0.25, 0.3) is 0 Å². The third-order valence-corrected chi connectivity index (χ3v) is 10.2. The van der Waals surface area contributed by atoms with Crippen molar-refractivity contribution < 1.29 is 24.2 Å². The largest absolute Gasteiger partial charge is 0.466 e. The minimum absolute atomic E-state index is 0.00662. The van der Waals surface area contributed by atoms with Gasteiger partial charge < -0.3 is 20.1 Å². The highest BCUT2D eigenvalue weighted by molar-refractivity contribution is 8.02. The molecule has 4 rings (SSSR count). The number of fused-ring (bicyclic) bond motifs is 1. The van der Waals surface area contributed by atoms with Gasteiger partial charge in [-0.15, -0.1) is 11.8 Å². The van der Waals surface area contributed by atoms with Crippen molar-refractivity contribution in [3.05, 3.63) is 35.9 Å². The molecule has 0 aromatic heterocycles. The molecule has 2 bridgehead atoms. The quantitative estimate of drug-likeness (QED) is 0.519. The van der Waals surface area contributed by atoms with Crippen molar-refractivity contribution in [2.75, 3.05) is 13.2 Å². The second kappa shape index (κ2) is 9.90. The molecule has 3 aliphatic rings. The summed E-state index contributed by atoms with van der Waals surface area (Å²) >= 11 is 1.63. The molecule has 8 atom stereocenters. The molecule has 0 aliphatic carbocycles. The number of carbonyl (C=O) groups is 3. The first kappa shape index (κ1) is 25.0. The summed E-state index contributed by atoms with van der Waals surface area (Å²) in [5.41, 5.74) is 0.974. The third-order valence-electron chi connectivity index (χ3n) is 8.15. The van der Waals surface area contributed by atoms with Gasteiger partial charge in [0.1, 0.15) is 6.04 Å². The van der Waals surface area contributed by atoms with Crippen molar-refractivity contribution in [2.24, 2.45) is 23.7 Å². The van der Waals surface area contributed by atoms with Gasteiger partial charge in [0.05, 0.1) is 35.8 Å². The van der Waals surface area contributed by atoms with E-state index in [4.69, 9.17) is 4.74 Å². The van der Waals surface area contributed by atoms with Crippen LogP contribution in [-0.2, 0) is 25.7 Å². The maximum absolute atomic E-state index is 14.1. The van der Waals surface area contributed by atoms with E-state index in [1.807, 2.05) is 44.2 Å². The lowest BCUT2D eigenvalue weighted by Gasteiger charge is -2.41. The average molecular weight is 489 g/mol. The number of hydrogen-bond acceptors (Lipinski definition) is 6. The van der Waals surface area contributed by atoms with Gasteiger partial charge in [-0.1, -0.05) is 57.5 Å². The highest BCUT2D eigenvalue weighted by atomic mass is 32.2. The molecule has 8 heteroatoms. The normalized spacial score (nSPS) is 33.5. The van der Waals surface area contributed by atoms with Crippen LogP contribution in [0.5, 0.6) is 0 Å². The van der Waals surface area contributed by atoms with Gasteiger partial charge in [-0.2, -0.15) is 0 Å². The van der Waals surface area contributed by atoms with Crippen molar-refractivity contribution in [3.8, 4) is 0 Å². The molecule has 34 heavy (non-hydrogen) atoms. The van der Waals surface area contributed by atoms with Crippen LogP contribution < -0.4 is 5.32 Å². The lowest BCUT2D eigenvalue weighted by atomic mass is 9.66. The van der Waals surface area contributed by atoms with Gasteiger partial charge in [0, 0.05) is 11.8 Å². The summed E-state index contributed by atoms with van der Waals surface area (Å²) < 4.78 is 4.68. The van der Waals surface area contributed by atoms with Crippen LogP contribution in [0.4, 0.5) is 0 Å². The molecule has 2 N–H and O–H groups in total.